The molecule has 1 atom stereocenters. The predicted molar refractivity (Wildman–Crippen MR) is 119 cm³/mol. The highest BCUT2D eigenvalue weighted by molar-refractivity contribution is 7.89. The maximum absolute atomic E-state index is 13.4. The lowest BCUT2D eigenvalue weighted by atomic mass is 9.96. The second-order valence-corrected chi connectivity index (χ2v) is 9.27. The summed E-state index contributed by atoms with van der Waals surface area (Å²) in [5.41, 5.74) is 1.44. The fourth-order valence-electron chi connectivity index (χ4n) is 3.67. The number of Topliss-reactive ketones (excluding diaryl/α,β-unsaturated/α-hetero) is 2. The van der Waals surface area contributed by atoms with Gasteiger partial charge >= 0.3 is 0 Å². The van der Waals surface area contributed by atoms with E-state index in [1.165, 1.54) is 36.4 Å². The summed E-state index contributed by atoms with van der Waals surface area (Å²) in [5, 5.41) is 2.67. The van der Waals surface area contributed by atoms with Gasteiger partial charge in [-0.1, -0.05) is 60.7 Å². The van der Waals surface area contributed by atoms with E-state index in [4.69, 9.17) is 0 Å². The van der Waals surface area contributed by atoms with Crippen LogP contribution in [0.5, 0.6) is 0 Å². The topological polar surface area (TPSA) is 101 Å². The summed E-state index contributed by atoms with van der Waals surface area (Å²) < 4.78 is 27.5. The van der Waals surface area contributed by atoms with Gasteiger partial charge in [0, 0.05) is 16.8 Å². The van der Waals surface area contributed by atoms with Crippen LogP contribution in [-0.4, -0.2) is 42.8 Å². The minimum atomic E-state index is -4.28. The Morgan fingerprint density at radius 1 is 0.906 bits per heavy atom. The first-order chi connectivity index (χ1) is 15.3. The average molecular weight is 449 g/mol. The second-order valence-electron chi connectivity index (χ2n) is 7.41. The van der Waals surface area contributed by atoms with Crippen molar-refractivity contribution in [2.75, 3.05) is 11.9 Å². The molecule has 1 aliphatic rings. The lowest BCUT2D eigenvalue weighted by Crippen LogP contribution is -2.55. The van der Waals surface area contributed by atoms with Crippen LogP contribution in [0.3, 0.4) is 0 Å². The van der Waals surface area contributed by atoms with Gasteiger partial charge in [0.1, 0.15) is 0 Å². The molecule has 8 heteroatoms. The number of ketones is 2. The van der Waals surface area contributed by atoms with E-state index < -0.39 is 40.1 Å². The van der Waals surface area contributed by atoms with Gasteiger partial charge in [0.2, 0.25) is 15.9 Å². The molecule has 7 nitrogen and oxygen atoms in total. The van der Waals surface area contributed by atoms with Crippen LogP contribution < -0.4 is 5.32 Å². The number of nitrogens with one attached hydrogen (secondary N) is 1. The lowest BCUT2D eigenvalue weighted by Gasteiger charge is -2.33. The number of para-hydroxylation sites is 1. The highest BCUT2D eigenvalue weighted by atomic mass is 32.2. The number of aryl methyl sites for hydroxylation is 1. The van der Waals surface area contributed by atoms with Crippen LogP contribution in [0.1, 0.15) is 26.3 Å². The van der Waals surface area contributed by atoms with Gasteiger partial charge in [0.25, 0.3) is 0 Å². The molecular weight excluding hydrogens is 428 g/mol. The Morgan fingerprint density at radius 3 is 2.25 bits per heavy atom. The van der Waals surface area contributed by atoms with E-state index in [1.807, 2.05) is 6.07 Å². The van der Waals surface area contributed by atoms with E-state index in [9.17, 15) is 22.8 Å². The van der Waals surface area contributed by atoms with Crippen LogP contribution in [0.4, 0.5) is 5.69 Å². The summed E-state index contributed by atoms with van der Waals surface area (Å²) in [6.45, 7) is 1.12. The number of hydrogen-bond acceptors (Lipinski definition) is 5. The number of carbonyl (C=O) groups is 3. The molecule has 3 aromatic rings. The molecule has 0 saturated carbocycles. The Hall–Kier alpha value is -3.62. The Bertz CT molecular complexity index is 1320. The van der Waals surface area contributed by atoms with Crippen LogP contribution in [0.15, 0.2) is 83.8 Å². The molecule has 0 bridgehead atoms. The quantitative estimate of drug-likeness (QED) is 0.478. The molecule has 0 aromatic heterocycles. The van der Waals surface area contributed by atoms with Crippen LogP contribution in [0.25, 0.3) is 0 Å². The standard InChI is InChI=1S/C24H20N2O5S/c1-16-9-5-7-13-19(16)25-21(27)15-26-22(23(28)17-10-3-2-4-11-17)24(29)18-12-6-8-14-20(18)32(26,30)31/h2-14,22H,15H2,1H3,(H,25,27). The lowest BCUT2D eigenvalue weighted by molar-refractivity contribution is -0.116. The van der Waals surface area contributed by atoms with Gasteiger partial charge in [0.15, 0.2) is 17.6 Å². The molecule has 0 saturated heterocycles. The molecule has 3 aromatic carbocycles. The summed E-state index contributed by atoms with van der Waals surface area (Å²) >= 11 is 0. The number of nitrogens with zero attached hydrogens (tertiary/aromatic N) is 1. The van der Waals surface area contributed by atoms with Crippen molar-refractivity contribution in [1.29, 1.82) is 0 Å². The molecule has 32 heavy (non-hydrogen) atoms. The predicted octanol–water partition coefficient (Wildman–Crippen LogP) is 3.07. The van der Waals surface area contributed by atoms with Gasteiger partial charge in [-0.2, -0.15) is 4.31 Å². The first-order valence-corrected chi connectivity index (χ1v) is 11.3. The molecule has 1 aliphatic heterocycles. The summed E-state index contributed by atoms with van der Waals surface area (Å²) in [4.78, 5) is 39.1. The van der Waals surface area contributed by atoms with Crippen LogP contribution in [-0.2, 0) is 14.8 Å². The SMILES string of the molecule is Cc1ccccc1NC(=O)CN1C(C(=O)c2ccccc2)C(=O)c2ccccc2S1(=O)=O. The Balaban J connectivity index is 1.75. The molecule has 1 amide bonds. The number of sulfonamides is 1. The largest absolute Gasteiger partial charge is 0.325 e. The van der Waals surface area contributed by atoms with E-state index in [-0.39, 0.29) is 16.0 Å². The summed E-state index contributed by atoms with van der Waals surface area (Å²) in [7, 11) is -4.28. The van der Waals surface area contributed by atoms with Crippen molar-refractivity contribution >= 4 is 33.2 Å². The first-order valence-electron chi connectivity index (χ1n) is 9.90. The smallest absolute Gasteiger partial charge is 0.245 e. The van der Waals surface area contributed by atoms with Crippen molar-refractivity contribution in [2.45, 2.75) is 17.9 Å². The van der Waals surface area contributed by atoms with E-state index in [0.29, 0.717) is 9.99 Å². The van der Waals surface area contributed by atoms with Gasteiger partial charge in [0.05, 0.1) is 11.4 Å². The fourth-order valence-corrected chi connectivity index (χ4v) is 5.38. The molecule has 1 heterocycles. The van der Waals surface area contributed by atoms with Gasteiger partial charge < -0.3 is 5.32 Å². The second kappa shape index (κ2) is 8.49. The van der Waals surface area contributed by atoms with E-state index >= 15 is 0 Å². The van der Waals surface area contributed by atoms with Crippen molar-refractivity contribution in [3.05, 3.63) is 95.6 Å². The molecule has 4 rings (SSSR count). The molecule has 0 radical (unpaired) electrons. The molecule has 162 valence electrons. The molecule has 0 aliphatic carbocycles. The van der Waals surface area contributed by atoms with Crippen molar-refractivity contribution in [1.82, 2.24) is 4.31 Å². The van der Waals surface area contributed by atoms with Crippen molar-refractivity contribution in [2.24, 2.45) is 0 Å². The maximum atomic E-state index is 13.4. The number of anilines is 1. The third-order valence-corrected chi connectivity index (χ3v) is 7.17. The zero-order valence-corrected chi connectivity index (χ0v) is 18.0. The number of fused-ring (bicyclic) bond motifs is 1. The van der Waals surface area contributed by atoms with Crippen LogP contribution >= 0.6 is 0 Å². The number of rotatable bonds is 5. The van der Waals surface area contributed by atoms with E-state index in [0.717, 1.165) is 5.56 Å². The molecule has 1 N–H and O–H groups in total. The zero-order valence-electron chi connectivity index (χ0n) is 17.2. The zero-order chi connectivity index (χ0) is 22.9. The number of amides is 1. The highest BCUT2D eigenvalue weighted by Gasteiger charge is 2.48. The van der Waals surface area contributed by atoms with Crippen molar-refractivity contribution < 1.29 is 22.8 Å². The van der Waals surface area contributed by atoms with E-state index in [2.05, 4.69) is 5.32 Å². The Morgan fingerprint density at radius 2 is 1.53 bits per heavy atom. The third kappa shape index (κ3) is 3.86. The fraction of sp³-hybridized carbons (Fsp3) is 0.125. The monoisotopic (exact) mass is 448 g/mol. The van der Waals surface area contributed by atoms with Crippen LogP contribution in [0.2, 0.25) is 0 Å². The van der Waals surface area contributed by atoms with Gasteiger partial charge in [-0.25, -0.2) is 8.42 Å². The van der Waals surface area contributed by atoms with Crippen LogP contribution in [0, 0.1) is 6.92 Å². The van der Waals surface area contributed by atoms with Crippen molar-refractivity contribution in [3.8, 4) is 0 Å². The maximum Gasteiger partial charge on any atom is 0.245 e. The number of carbonyl (C=O) groups excluding carboxylic acids is 3. The summed E-state index contributed by atoms with van der Waals surface area (Å²) in [6, 6.07) is 19.1. The number of benzene rings is 3. The summed E-state index contributed by atoms with van der Waals surface area (Å²) in [5.74, 6) is -1.99. The van der Waals surface area contributed by atoms with Crippen molar-refractivity contribution in [3.63, 3.8) is 0 Å². The Labute approximate surface area is 185 Å². The highest BCUT2D eigenvalue weighted by Crippen LogP contribution is 2.31. The molecular formula is C24H20N2O5S. The average Bonchev–Trinajstić information content (AvgIpc) is 2.79. The third-order valence-electron chi connectivity index (χ3n) is 5.30. The molecule has 0 spiro atoms. The molecule has 1 unspecified atom stereocenters. The van der Waals surface area contributed by atoms with E-state index in [1.54, 1.807) is 43.3 Å². The molecule has 0 fully saturated rings. The van der Waals surface area contributed by atoms with Gasteiger partial charge in [-0.3, -0.25) is 14.4 Å². The first kappa shape index (κ1) is 21.6. The minimum Gasteiger partial charge on any atom is -0.325 e. The minimum absolute atomic E-state index is 0.0580. The van der Waals surface area contributed by atoms with Gasteiger partial charge in [-0.15, -0.1) is 0 Å². The number of hydrogen-bond donors (Lipinski definition) is 1. The Kier molecular flexibility index (Phi) is 5.73. The normalized spacial score (nSPS) is 17.4. The van der Waals surface area contributed by atoms with Gasteiger partial charge in [-0.05, 0) is 30.7 Å². The summed E-state index contributed by atoms with van der Waals surface area (Å²) in [6.07, 6.45) is 0.